The van der Waals surface area contributed by atoms with Crippen LogP contribution in [0.2, 0.25) is 10.0 Å². The van der Waals surface area contributed by atoms with Crippen LogP contribution in [0.15, 0.2) is 28.4 Å². The Bertz CT molecular complexity index is 1070. The van der Waals surface area contributed by atoms with E-state index >= 15 is 0 Å². The second kappa shape index (κ2) is 9.55. The molecule has 1 aliphatic heterocycles. The lowest BCUT2D eigenvalue weighted by Gasteiger charge is -2.33. The van der Waals surface area contributed by atoms with E-state index in [2.05, 4.69) is 20.8 Å². The molecule has 1 atom stereocenters. The third-order valence-electron chi connectivity index (χ3n) is 5.35. The van der Waals surface area contributed by atoms with Crippen molar-refractivity contribution in [3.05, 3.63) is 44.2 Å². The molecule has 3 heterocycles. The molecule has 30 heavy (non-hydrogen) atoms. The lowest BCUT2D eigenvalue weighted by Crippen LogP contribution is -2.33. The minimum Gasteiger partial charge on any atom is -0.369 e. The molecule has 0 aliphatic carbocycles. The number of halogens is 2. The van der Waals surface area contributed by atoms with Crippen molar-refractivity contribution in [3.8, 4) is 0 Å². The van der Waals surface area contributed by atoms with Crippen molar-refractivity contribution in [1.29, 1.82) is 0 Å². The zero-order valence-corrected chi connectivity index (χ0v) is 21.2. The first-order chi connectivity index (χ1) is 14.4. The summed E-state index contributed by atoms with van der Waals surface area (Å²) in [5.41, 5.74) is 2.30. The maximum atomic E-state index is 6.42. The minimum atomic E-state index is -0.127. The number of thiophene rings is 1. The summed E-state index contributed by atoms with van der Waals surface area (Å²) in [6, 6.07) is 5.68. The fourth-order valence-corrected chi connectivity index (χ4v) is 6.99. The largest absolute Gasteiger partial charge is 0.369 e. The molecular formula is C22H24Cl2N2OS3. The number of nitrogens with zero attached hydrogens (tertiary/aromatic N) is 2. The standard InChI is InChI=1S/C22H24Cl2N2OS3/c1-4-8-28-21-25-19(29-12-13-6-7-14(23)9-16(13)24)18-15-10-22(3,5-2)27-11-17(15)30-20(18)26-21/h6-7,9H,4-5,8,10-12H2,1-3H3/t22-/m0/s1. The van der Waals surface area contributed by atoms with E-state index in [9.17, 15) is 0 Å². The van der Waals surface area contributed by atoms with Crippen molar-refractivity contribution in [2.45, 2.75) is 68.2 Å². The van der Waals surface area contributed by atoms with E-state index in [1.165, 1.54) is 15.8 Å². The van der Waals surface area contributed by atoms with E-state index in [-0.39, 0.29) is 5.60 Å². The molecule has 0 saturated carbocycles. The summed E-state index contributed by atoms with van der Waals surface area (Å²) < 4.78 is 6.18. The molecule has 0 bridgehead atoms. The van der Waals surface area contributed by atoms with Crippen LogP contribution >= 0.6 is 58.1 Å². The van der Waals surface area contributed by atoms with Crippen molar-refractivity contribution in [3.63, 3.8) is 0 Å². The first-order valence-electron chi connectivity index (χ1n) is 10.1. The average Bonchev–Trinajstić information content (AvgIpc) is 3.09. The number of fused-ring (bicyclic) bond motifs is 3. The smallest absolute Gasteiger partial charge is 0.190 e. The predicted molar refractivity (Wildman–Crippen MR) is 132 cm³/mol. The Kier molecular flexibility index (Phi) is 7.22. The molecule has 0 N–H and O–H groups in total. The van der Waals surface area contributed by atoms with Gasteiger partial charge in [0.25, 0.3) is 0 Å². The SMILES string of the molecule is CCCSc1nc(SCc2ccc(Cl)cc2Cl)c2c3c(sc2n1)CO[C@@](C)(CC)C3. The van der Waals surface area contributed by atoms with E-state index in [1.54, 1.807) is 40.9 Å². The van der Waals surface area contributed by atoms with Gasteiger partial charge in [0, 0.05) is 38.2 Å². The predicted octanol–water partition coefficient (Wildman–Crippen LogP) is 8.03. The van der Waals surface area contributed by atoms with E-state index in [0.29, 0.717) is 16.7 Å². The van der Waals surface area contributed by atoms with Crippen LogP contribution in [-0.4, -0.2) is 21.3 Å². The van der Waals surface area contributed by atoms with Gasteiger partial charge in [-0.2, -0.15) is 0 Å². The van der Waals surface area contributed by atoms with Crippen molar-refractivity contribution < 1.29 is 4.74 Å². The number of rotatable bonds is 7. The van der Waals surface area contributed by atoms with Gasteiger partial charge in [-0.1, -0.05) is 54.9 Å². The Hall–Kier alpha value is -0.500. The molecule has 0 saturated heterocycles. The fraction of sp³-hybridized carbons (Fsp3) is 0.455. The normalized spacial score (nSPS) is 18.7. The molecule has 0 amide bonds. The summed E-state index contributed by atoms with van der Waals surface area (Å²) in [6.45, 7) is 7.22. The quantitative estimate of drug-likeness (QED) is 0.187. The Morgan fingerprint density at radius 2 is 2.03 bits per heavy atom. The summed E-state index contributed by atoms with van der Waals surface area (Å²) in [6.07, 6.45) is 2.98. The van der Waals surface area contributed by atoms with Gasteiger partial charge >= 0.3 is 0 Å². The molecule has 1 aromatic carbocycles. The van der Waals surface area contributed by atoms with Crippen LogP contribution in [0.25, 0.3) is 10.2 Å². The van der Waals surface area contributed by atoms with Crippen molar-refractivity contribution in [2.24, 2.45) is 0 Å². The summed E-state index contributed by atoms with van der Waals surface area (Å²) in [7, 11) is 0. The first-order valence-corrected chi connectivity index (χ1v) is 13.6. The van der Waals surface area contributed by atoms with Gasteiger partial charge in [0.2, 0.25) is 0 Å². The molecule has 0 unspecified atom stereocenters. The maximum Gasteiger partial charge on any atom is 0.190 e. The Labute approximate surface area is 200 Å². The molecule has 8 heteroatoms. The number of hydrogen-bond acceptors (Lipinski definition) is 6. The number of thioether (sulfide) groups is 2. The van der Waals surface area contributed by atoms with Gasteiger partial charge in [-0.3, -0.25) is 0 Å². The summed E-state index contributed by atoms with van der Waals surface area (Å²) in [5.74, 6) is 1.76. The van der Waals surface area contributed by atoms with Crippen molar-refractivity contribution in [1.82, 2.24) is 9.97 Å². The molecule has 160 valence electrons. The van der Waals surface area contributed by atoms with Gasteiger partial charge in [0.1, 0.15) is 9.86 Å². The van der Waals surface area contributed by atoms with Crippen LogP contribution in [0.3, 0.4) is 0 Å². The molecule has 3 aromatic rings. The van der Waals surface area contributed by atoms with Gasteiger partial charge < -0.3 is 4.74 Å². The van der Waals surface area contributed by atoms with E-state index < -0.39 is 0 Å². The van der Waals surface area contributed by atoms with Crippen molar-refractivity contribution in [2.75, 3.05) is 5.75 Å². The number of hydrogen-bond donors (Lipinski definition) is 0. The molecule has 0 radical (unpaired) electrons. The first kappa shape index (κ1) is 22.7. The highest BCUT2D eigenvalue weighted by Crippen LogP contribution is 2.44. The average molecular weight is 500 g/mol. The molecular weight excluding hydrogens is 475 g/mol. The van der Waals surface area contributed by atoms with E-state index in [0.717, 1.165) is 51.3 Å². The molecule has 4 rings (SSSR count). The van der Waals surface area contributed by atoms with Crippen molar-refractivity contribution >= 4 is 68.3 Å². The zero-order chi connectivity index (χ0) is 21.3. The van der Waals surface area contributed by atoms with Gasteiger partial charge in [-0.25, -0.2) is 9.97 Å². The topological polar surface area (TPSA) is 35.0 Å². The molecule has 3 nitrogen and oxygen atoms in total. The highest BCUT2D eigenvalue weighted by Gasteiger charge is 2.33. The van der Waals surface area contributed by atoms with Crippen LogP contribution in [0.4, 0.5) is 0 Å². The van der Waals surface area contributed by atoms with Crippen LogP contribution < -0.4 is 0 Å². The van der Waals surface area contributed by atoms with Crippen LogP contribution in [-0.2, 0) is 23.5 Å². The van der Waals surface area contributed by atoms with E-state index in [1.807, 2.05) is 12.1 Å². The lowest BCUT2D eigenvalue weighted by molar-refractivity contribution is -0.0543. The molecule has 0 spiro atoms. The van der Waals surface area contributed by atoms with Crippen LogP contribution in [0, 0.1) is 0 Å². The zero-order valence-electron chi connectivity index (χ0n) is 17.3. The summed E-state index contributed by atoms with van der Waals surface area (Å²) in [5, 5.41) is 4.45. The number of benzene rings is 1. The van der Waals surface area contributed by atoms with Gasteiger partial charge in [0.05, 0.1) is 12.2 Å². The molecule has 0 fully saturated rings. The van der Waals surface area contributed by atoms with Crippen LogP contribution in [0.5, 0.6) is 0 Å². The highest BCUT2D eigenvalue weighted by molar-refractivity contribution is 7.99. The van der Waals surface area contributed by atoms with E-state index in [4.69, 9.17) is 37.9 Å². The second-order valence-corrected chi connectivity index (χ2v) is 11.6. The third-order valence-corrected chi connectivity index (χ3v) is 9.11. The molecule has 2 aromatic heterocycles. The molecule has 1 aliphatic rings. The monoisotopic (exact) mass is 498 g/mol. The summed E-state index contributed by atoms with van der Waals surface area (Å²) >= 11 is 17.7. The Morgan fingerprint density at radius 3 is 2.77 bits per heavy atom. The number of aromatic nitrogens is 2. The van der Waals surface area contributed by atoms with Gasteiger partial charge in [-0.05, 0) is 43.0 Å². The third kappa shape index (κ3) is 4.79. The maximum absolute atomic E-state index is 6.42. The summed E-state index contributed by atoms with van der Waals surface area (Å²) in [4.78, 5) is 12.2. The highest BCUT2D eigenvalue weighted by atomic mass is 35.5. The second-order valence-electron chi connectivity index (χ2n) is 7.64. The van der Waals surface area contributed by atoms with Gasteiger partial charge in [0.15, 0.2) is 5.16 Å². The Morgan fingerprint density at radius 1 is 1.20 bits per heavy atom. The minimum absolute atomic E-state index is 0.127. The Balaban J connectivity index is 1.74. The van der Waals surface area contributed by atoms with Crippen LogP contribution in [0.1, 0.15) is 49.6 Å². The fourth-order valence-electron chi connectivity index (χ4n) is 3.39. The lowest BCUT2D eigenvalue weighted by atomic mass is 9.90. The number of ether oxygens (including phenoxy) is 1. The van der Waals surface area contributed by atoms with Gasteiger partial charge in [-0.15, -0.1) is 23.1 Å².